The van der Waals surface area contributed by atoms with Crippen molar-refractivity contribution in [2.45, 2.75) is 51.6 Å². The fraction of sp³-hybridized carbons (Fsp3) is 0.650. The summed E-state index contributed by atoms with van der Waals surface area (Å²) in [5.74, 6) is 2.06. The van der Waals surface area contributed by atoms with Crippen molar-refractivity contribution in [1.29, 1.82) is 0 Å². The first kappa shape index (κ1) is 15.9. The Morgan fingerprint density at radius 3 is 3.08 bits per heavy atom. The molecule has 0 aromatic heterocycles. The van der Waals surface area contributed by atoms with E-state index < -0.39 is 0 Å². The predicted octanol–water partition coefficient (Wildman–Crippen LogP) is 2.92. The van der Waals surface area contributed by atoms with Crippen LogP contribution in [0.4, 0.5) is 0 Å². The highest BCUT2D eigenvalue weighted by molar-refractivity contribution is 5.81. The molecule has 1 amide bonds. The first-order chi connectivity index (χ1) is 11.6. The lowest BCUT2D eigenvalue weighted by atomic mass is 9.77. The number of hydrogen-bond donors (Lipinski definition) is 1. The second-order valence-corrected chi connectivity index (χ2v) is 7.91. The summed E-state index contributed by atoms with van der Waals surface area (Å²) < 4.78 is 5.88. The fourth-order valence-corrected chi connectivity index (χ4v) is 4.51. The van der Waals surface area contributed by atoms with E-state index in [9.17, 15) is 4.79 Å². The minimum absolute atomic E-state index is 0.199. The van der Waals surface area contributed by atoms with Crippen LogP contribution in [0.2, 0.25) is 0 Å². The predicted molar refractivity (Wildman–Crippen MR) is 94.1 cm³/mol. The summed E-state index contributed by atoms with van der Waals surface area (Å²) in [4.78, 5) is 15.1. The molecule has 2 saturated heterocycles. The van der Waals surface area contributed by atoms with Gasteiger partial charge in [0.15, 0.2) is 0 Å². The van der Waals surface area contributed by atoms with Crippen molar-refractivity contribution in [2.24, 2.45) is 11.8 Å². The molecule has 4 rings (SSSR count). The molecule has 0 saturated carbocycles. The molecular weight excluding hydrogens is 300 g/mol. The molecule has 3 heterocycles. The highest BCUT2D eigenvalue weighted by Crippen LogP contribution is 2.42. The summed E-state index contributed by atoms with van der Waals surface area (Å²) in [5, 5.41) is 3.59. The highest BCUT2D eigenvalue weighted by Gasteiger charge is 2.44. The Morgan fingerprint density at radius 2 is 2.25 bits per heavy atom. The molecule has 24 heavy (non-hydrogen) atoms. The molecule has 3 aliphatic heterocycles. The summed E-state index contributed by atoms with van der Waals surface area (Å²) in [6.07, 6.45) is 4.17. The number of rotatable bonds is 3. The van der Waals surface area contributed by atoms with Gasteiger partial charge < -0.3 is 15.0 Å². The standard InChI is InChI=1S/C20H28N2O2/c1-13(2)12-24-15-5-6-16-14(10-15)7-9-22-19(16)11-18-17(20(22)23)4-3-8-21-18/h5-6,10,13,17-19,21H,3-4,7-9,11-12H2,1-2H3/t17-,18-,19-/m0/s1. The topological polar surface area (TPSA) is 41.6 Å². The number of nitrogens with one attached hydrogen (secondary N) is 1. The van der Waals surface area contributed by atoms with Gasteiger partial charge in [0.05, 0.1) is 18.6 Å². The van der Waals surface area contributed by atoms with Crippen LogP contribution in [0.15, 0.2) is 18.2 Å². The van der Waals surface area contributed by atoms with Crippen LogP contribution in [0.3, 0.4) is 0 Å². The van der Waals surface area contributed by atoms with Crippen LogP contribution in [0.5, 0.6) is 5.75 Å². The molecule has 4 heteroatoms. The van der Waals surface area contributed by atoms with E-state index in [4.69, 9.17) is 4.74 Å². The highest BCUT2D eigenvalue weighted by atomic mass is 16.5. The third-order valence-electron chi connectivity index (χ3n) is 5.72. The zero-order valence-electron chi connectivity index (χ0n) is 14.8. The molecule has 0 spiro atoms. The van der Waals surface area contributed by atoms with Crippen molar-refractivity contribution < 1.29 is 9.53 Å². The van der Waals surface area contributed by atoms with E-state index in [0.29, 0.717) is 17.9 Å². The molecular formula is C20H28N2O2. The molecule has 0 aliphatic carbocycles. The monoisotopic (exact) mass is 328 g/mol. The summed E-state index contributed by atoms with van der Waals surface area (Å²) in [7, 11) is 0. The fourth-order valence-electron chi connectivity index (χ4n) is 4.51. The number of hydrogen-bond acceptors (Lipinski definition) is 3. The second kappa shape index (κ2) is 6.40. The Balaban J connectivity index is 1.57. The normalized spacial score (nSPS) is 29.0. The van der Waals surface area contributed by atoms with Gasteiger partial charge in [0.1, 0.15) is 5.75 Å². The third-order valence-corrected chi connectivity index (χ3v) is 5.72. The zero-order chi connectivity index (χ0) is 16.7. The third kappa shape index (κ3) is 2.81. The molecule has 0 bridgehead atoms. The SMILES string of the molecule is CC(C)COc1ccc2c(c1)CCN1C(=O)[C@H]3CCCN[C@H]3C[C@@H]21. The van der Waals surface area contributed by atoms with Crippen molar-refractivity contribution >= 4 is 5.91 Å². The number of piperidine rings is 2. The van der Waals surface area contributed by atoms with Gasteiger partial charge in [0, 0.05) is 12.6 Å². The molecule has 0 unspecified atom stereocenters. The maximum Gasteiger partial charge on any atom is 0.227 e. The van der Waals surface area contributed by atoms with E-state index in [1.54, 1.807) is 0 Å². The van der Waals surface area contributed by atoms with Crippen molar-refractivity contribution in [3.8, 4) is 5.75 Å². The summed E-state index contributed by atoms with van der Waals surface area (Å²) in [5.41, 5.74) is 2.69. The van der Waals surface area contributed by atoms with Crippen molar-refractivity contribution in [3.05, 3.63) is 29.3 Å². The molecule has 4 nitrogen and oxygen atoms in total. The van der Waals surface area contributed by atoms with Gasteiger partial charge in [-0.2, -0.15) is 0 Å². The Morgan fingerprint density at radius 1 is 1.38 bits per heavy atom. The number of ether oxygens (including phenoxy) is 1. The Hall–Kier alpha value is -1.55. The summed E-state index contributed by atoms with van der Waals surface area (Å²) in [6, 6.07) is 7.07. The molecule has 2 fully saturated rings. The summed E-state index contributed by atoms with van der Waals surface area (Å²) >= 11 is 0. The quantitative estimate of drug-likeness (QED) is 0.927. The van der Waals surface area contributed by atoms with E-state index in [-0.39, 0.29) is 12.0 Å². The van der Waals surface area contributed by atoms with E-state index in [2.05, 4.69) is 42.3 Å². The second-order valence-electron chi connectivity index (χ2n) is 7.91. The van der Waals surface area contributed by atoms with Crippen LogP contribution in [-0.2, 0) is 11.2 Å². The molecule has 1 aromatic rings. The van der Waals surface area contributed by atoms with Gasteiger partial charge >= 0.3 is 0 Å². The zero-order valence-corrected chi connectivity index (χ0v) is 14.8. The lowest BCUT2D eigenvalue weighted by Crippen LogP contribution is -2.57. The van der Waals surface area contributed by atoms with Crippen molar-refractivity contribution in [1.82, 2.24) is 10.2 Å². The molecule has 130 valence electrons. The van der Waals surface area contributed by atoms with Gasteiger partial charge in [-0.3, -0.25) is 4.79 Å². The molecule has 3 aliphatic rings. The minimum Gasteiger partial charge on any atom is -0.493 e. The minimum atomic E-state index is 0.199. The Kier molecular flexibility index (Phi) is 4.25. The van der Waals surface area contributed by atoms with E-state index in [1.807, 2.05) is 0 Å². The van der Waals surface area contributed by atoms with Crippen molar-refractivity contribution in [2.75, 3.05) is 19.7 Å². The number of nitrogens with zero attached hydrogens (tertiary/aromatic N) is 1. The van der Waals surface area contributed by atoms with Crippen molar-refractivity contribution in [3.63, 3.8) is 0 Å². The average Bonchev–Trinajstić information content (AvgIpc) is 2.60. The van der Waals surface area contributed by atoms with Gasteiger partial charge in [-0.25, -0.2) is 0 Å². The number of carbonyl (C=O) groups is 1. The number of fused-ring (bicyclic) bond motifs is 4. The van der Waals surface area contributed by atoms with Gasteiger partial charge in [-0.15, -0.1) is 0 Å². The molecule has 1 N–H and O–H groups in total. The Bertz CT molecular complexity index is 628. The van der Waals surface area contributed by atoms with Gasteiger partial charge in [-0.05, 0) is 61.4 Å². The maximum absolute atomic E-state index is 12.9. The van der Waals surface area contributed by atoms with Gasteiger partial charge in [-0.1, -0.05) is 19.9 Å². The van der Waals surface area contributed by atoms with Crippen LogP contribution in [0.25, 0.3) is 0 Å². The Labute approximate surface area is 144 Å². The smallest absolute Gasteiger partial charge is 0.227 e. The van der Waals surface area contributed by atoms with Gasteiger partial charge in [0.25, 0.3) is 0 Å². The number of benzene rings is 1. The largest absolute Gasteiger partial charge is 0.493 e. The lowest BCUT2D eigenvalue weighted by molar-refractivity contribution is -0.145. The number of carbonyl (C=O) groups excluding carboxylic acids is 1. The van der Waals surface area contributed by atoms with E-state index in [0.717, 1.165) is 51.1 Å². The maximum atomic E-state index is 12.9. The number of amides is 1. The van der Waals surface area contributed by atoms with E-state index >= 15 is 0 Å². The molecule has 1 aromatic carbocycles. The lowest BCUT2D eigenvalue weighted by Gasteiger charge is -2.48. The molecule has 0 radical (unpaired) electrons. The van der Waals surface area contributed by atoms with Crippen LogP contribution >= 0.6 is 0 Å². The average molecular weight is 328 g/mol. The van der Waals surface area contributed by atoms with Crippen LogP contribution in [0.1, 0.15) is 50.3 Å². The van der Waals surface area contributed by atoms with Crippen LogP contribution in [-0.4, -0.2) is 36.5 Å². The summed E-state index contributed by atoms with van der Waals surface area (Å²) in [6.45, 7) is 6.99. The molecule has 3 atom stereocenters. The van der Waals surface area contributed by atoms with Crippen LogP contribution in [0, 0.1) is 11.8 Å². The van der Waals surface area contributed by atoms with Crippen LogP contribution < -0.4 is 10.1 Å². The van der Waals surface area contributed by atoms with E-state index in [1.165, 1.54) is 11.1 Å². The first-order valence-electron chi connectivity index (χ1n) is 9.43. The van der Waals surface area contributed by atoms with Gasteiger partial charge in [0.2, 0.25) is 5.91 Å². The first-order valence-corrected chi connectivity index (χ1v) is 9.43.